The molecule has 0 aromatic carbocycles. The van der Waals surface area contributed by atoms with Gasteiger partial charge in [-0.2, -0.15) is 21.6 Å². The van der Waals surface area contributed by atoms with Crippen LogP contribution in [-0.4, -0.2) is 53.2 Å². The van der Waals surface area contributed by atoms with Crippen LogP contribution in [0.25, 0.3) is 0 Å². The molecule has 0 aromatic heterocycles. The molecule has 0 radical (unpaired) electrons. The fourth-order valence-corrected chi connectivity index (χ4v) is 3.20. The van der Waals surface area contributed by atoms with Gasteiger partial charge in [0.25, 0.3) is 0 Å². The summed E-state index contributed by atoms with van der Waals surface area (Å²) in [5.74, 6) is -2.58. The molecule has 1 fully saturated rings. The number of alkyl halides is 3. The highest BCUT2D eigenvalue weighted by atomic mass is 32.2. The van der Waals surface area contributed by atoms with Gasteiger partial charge in [-0.15, -0.1) is 0 Å². The maximum absolute atomic E-state index is 12.3. The van der Waals surface area contributed by atoms with Crippen LogP contribution in [0.3, 0.4) is 0 Å². The van der Waals surface area contributed by atoms with E-state index in [0.29, 0.717) is 0 Å². The molecule has 2 heterocycles. The second-order valence-corrected chi connectivity index (χ2v) is 6.30. The first kappa shape index (κ1) is 16.4. The lowest BCUT2D eigenvalue weighted by atomic mass is 10.00. The number of nitrogens with zero attached hydrogens (tertiary/aromatic N) is 1. The molecule has 2 bridgehead atoms. The van der Waals surface area contributed by atoms with E-state index >= 15 is 0 Å². The third-order valence-corrected chi connectivity index (χ3v) is 4.49. The number of aliphatic carboxylic acids is 1. The lowest BCUT2D eigenvalue weighted by Gasteiger charge is -2.33. The standard InChI is InChI=1S/C10H10F3NO7S/c11-10(12,13)22(19,20)21-6-3-4-1-2-5(7(6)8(15)16)14(4)9(17)18/h4-5H,1-3H2,(H,15,16)(H,17,18). The van der Waals surface area contributed by atoms with E-state index in [1.54, 1.807) is 0 Å². The SMILES string of the molecule is O=C(O)C1=C(OS(=O)(=O)C(F)(F)F)CC2CCC1N2C(=O)O. The Balaban J connectivity index is 2.45. The summed E-state index contributed by atoms with van der Waals surface area (Å²) < 4.78 is 63.1. The van der Waals surface area contributed by atoms with Gasteiger partial charge in [0.15, 0.2) is 0 Å². The van der Waals surface area contributed by atoms with E-state index in [9.17, 15) is 31.2 Å². The number of hydrogen-bond acceptors (Lipinski definition) is 5. The van der Waals surface area contributed by atoms with E-state index in [1.807, 2.05) is 0 Å². The van der Waals surface area contributed by atoms with Crippen LogP contribution in [0, 0.1) is 0 Å². The van der Waals surface area contributed by atoms with Gasteiger partial charge < -0.3 is 14.4 Å². The third kappa shape index (κ3) is 2.58. The summed E-state index contributed by atoms with van der Waals surface area (Å²) >= 11 is 0. The zero-order chi connectivity index (χ0) is 16.9. The molecular formula is C10H10F3NO7S. The summed E-state index contributed by atoms with van der Waals surface area (Å²) in [6.45, 7) is 0. The summed E-state index contributed by atoms with van der Waals surface area (Å²) in [5.41, 5.74) is -6.48. The van der Waals surface area contributed by atoms with Crippen molar-refractivity contribution in [3.05, 3.63) is 11.3 Å². The molecule has 22 heavy (non-hydrogen) atoms. The molecule has 2 aliphatic rings. The van der Waals surface area contributed by atoms with Crippen molar-refractivity contribution in [2.75, 3.05) is 0 Å². The van der Waals surface area contributed by atoms with Crippen LogP contribution >= 0.6 is 0 Å². The first-order valence-corrected chi connectivity index (χ1v) is 7.35. The van der Waals surface area contributed by atoms with E-state index in [4.69, 9.17) is 10.2 Å². The number of carbonyl (C=O) groups is 2. The molecule has 2 unspecified atom stereocenters. The Kier molecular flexibility index (Phi) is 3.75. The average Bonchev–Trinajstić information content (AvgIpc) is 2.62. The molecule has 0 saturated carbocycles. The minimum absolute atomic E-state index is 0.0670. The van der Waals surface area contributed by atoms with Crippen molar-refractivity contribution < 1.29 is 45.6 Å². The Morgan fingerprint density at radius 3 is 2.27 bits per heavy atom. The molecule has 2 atom stereocenters. The normalized spacial score (nSPS) is 25.3. The van der Waals surface area contributed by atoms with E-state index in [1.165, 1.54) is 0 Å². The molecule has 1 amide bonds. The predicted octanol–water partition coefficient (Wildman–Crippen LogP) is 1.11. The molecule has 124 valence electrons. The minimum Gasteiger partial charge on any atom is -0.478 e. The number of amides is 1. The van der Waals surface area contributed by atoms with Crippen LogP contribution in [0.2, 0.25) is 0 Å². The number of carboxylic acid groups (broad SMARTS) is 2. The van der Waals surface area contributed by atoms with Gasteiger partial charge in [0.1, 0.15) is 5.76 Å². The van der Waals surface area contributed by atoms with Gasteiger partial charge in [0.2, 0.25) is 0 Å². The Bertz CT molecular complexity index is 654. The second-order valence-electron chi connectivity index (χ2n) is 4.77. The molecule has 12 heteroatoms. The van der Waals surface area contributed by atoms with Crippen molar-refractivity contribution in [2.45, 2.75) is 36.9 Å². The van der Waals surface area contributed by atoms with Gasteiger partial charge in [-0.25, -0.2) is 9.59 Å². The highest BCUT2D eigenvalue weighted by molar-refractivity contribution is 7.87. The summed E-state index contributed by atoms with van der Waals surface area (Å²) in [6.07, 6.45) is -1.70. The molecule has 1 saturated heterocycles. The fraction of sp³-hybridized carbons (Fsp3) is 0.600. The second kappa shape index (κ2) is 5.04. The first-order valence-electron chi connectivity index (χ1n) is 5.94. The van der Waals surface area contributed by atoms with Crippen molar-refractivity contribution in [1.82, 2.24) is 4.90 Å². The van der Waals surface area contributed by atoms with Crippen LogP contribution in [0.5, 0.6) is 0 Å². The number of halogens is 3. The molecule has 2 N–H and O–H groups in total. The predicted molar refractivity (Wildman–Crippen MR) is 62.0 cm³/mol. The zero-order valence-corrected chi connectivity index (χ0v) is 11.5. The summed E-state index contributed by atoms with van der Waals surface area (Å²) in [4.78, 5) is 23.1. The van der Waals surface area contributed by atoms with Crippen LogP contribution < -0.4 is 0 Å². The van der Waals surface area contributed by atoms with Crippen LogP contribution in [0.15, 0.2) is 11.3 Å². The number of carboxylic acids is 1. The first-order chi connectivity index (χ1) is 9.95. The summed E-state index contributed by atoms with van der Waals surface area (Å²) in [6, 6.07) is -2.05. The van der Waals surface area contributed by atoms with Crippen molar-refractivity contribution >= 4 is 22.2 Å². The maximum Gasteiger partial charge on any atom is 0.534 e. The van der Waals surface area contributed by atoms with Gasteiger partial charge in [0, 0.05) is 12.5 Å². The lowest BCUT2D eigenvalue weighted by Crippen LogP contribution is -2.46. The Hall–Kier alpha value is -1.98. The Labute approximate surface area is 121 Å². The van der Waals surface area contributed by atoms with Crippen molar-refractivity contribution in [3.8, 4) is 0 Å². The third-order valence-electron chi connectivity index (χ3n) is 3.50. The molecule has 0 spiro atoms. The van der Waals surface area contributed by atoms with Crippen molar-refractivity contribution in [1.29, 1.82) is 0 Å². The summed E-state index contributed by atoms with van der Waals surface area (Å²) in [5, 5.41) is 18.1. The summed E-state index contributed by atoms with van der Waals surface area (Å²) in [7, 11) is -6.01. The van der Waals surface area contributed by atoms with Crippen LogP contribution in [0.1, 0.15) is 19.3 Å². The van der Waals surface area contributed by atoms with Crippen LogP contribution in [-0.2, 0) is 19.1 Å². The molecule has 8 nitrogen and oxygen atoms in total. The highest BCUT2D eigenvalue weighted by Gasteiger charge is 2.52. The maximum atomic E-state index is 12.3. The lowest BCUT2D eigenvalue weighted by molar-refractivity contribution is -0.133. The van der Waals surface area contributed by atoms with Gasteiger partial charge >= 0.3 is 27.7 Å². The number of hydrogen-bond donors (Lipinski definition) is 2. The fourth-order valence-electron chi connectivity index (χ4n) is 2.69. The minimum atomic E-state index is -6.01. The Morgan fingerprint density at radius 1 is 1.23 bits per heavy atom. The van der Waals surface area contributed by atoms with Gasteiger partial charge in [0.05, 0.1) is 11.6 Å². The van der Waals surface area contributed by atoms with Crippen molar-refractivity contribution in [2.24, 2.45) is 0 Å². The quantitative estimate of drug-likeness (QED) is 0.580. The van der Waals surface area contributed by atoms with E-state index < -0.39 is 57.5 Å². The van der Waals surface area contributed by atoms with Gasteiger partial charge in [-0.1, -0.05) is 0 Å². The molecule has 0 aliphatic carbocycles. The van der Waals surface area contributed by atoms with E-state index in [0.717, 1.165) is 4.90 Å². The smallest absolute Gasteiger partial charge is 0.478 e. The largest absolute Gasteiger partial charge is 0.534 e. The topological polar surface area (TPSA) is 121 Å². The number of rotatable bonds is 3. The van der Waals surface area contributed by atoms with E-state index in [2.05, 4.69) is 4.18 Å². The van der Waals surface area contributed by atoms with Gasteiger partial charge in [-0.3, -0.25) is 4.90 Å². The molecule has 2 rings (SSSR count). The zero-order valence-electron chi connectivity index (χ0n) is 10.7. The average molecular weight is 345 g/mol. The van der Waals surface area contributed by atoms with Crippen molar-refractivity contribution in [3.63, 3.8) is 0 Å². The molecular weight excluding hydrogens is 335 g/mol. The molecule has 2 aliphatic heterocycles. The van der Waals surface area contributed by atoms with Crippen LogP contribution in [0.4, 0.5) is 18.0 Å². The monoisotopic (exact) mass is 345 g/mol. The highest BCUT2D eigenvalue weighted by Crippen LogP contribution is 2.41. The Morgan fingerprint density at radius 2 is 1.82 bits per heavy atom. The van der Waals surface area contributed by atoms with E-state index in [-0.39, 0.29) is 12.8 Å². The number of fused-ring (bicyclic) bond motifs is 2. The molecule has 0 aromatic rings. The van der Waals surface area contributed by atoms with Gasteiger partial charge in [-0.05, 0) is 12.8 Å².